The minimum atomic E-state index is -0.827. The number of nitro groups is 1. The highest BCUT2D eigenvalue weighted by molar-refractivity contribution is 6.10. The zero-order chi connectivity index (χ0) is 21.2. The fourth-order valence-electron chi connectivity index (χ4n) is 3.55. The summed E-state index contributed by atoms with van der Waals surface area (Å²) in [6.45, 7) is 6.19. The van der Waals surface area contributed by atoms with Gasteiger partial charge in [-0.25, -0.2) is 0 Å². The summed E-state index contributed by atoms with van der Waals surface area (Å²) in [6.07, 6.45) is 5.76. The number of benzene rings is 1. The Hall–Kier alpha value is -3.29. The van der Waals surface area contributed by atoms with Crippen LogP contribution in [-0.2, 0) is 10.2 Å². The molecule has 0 unspecified atom stereocenters. The van der Waals surface area contributed by atoms with Crippen LogP contribution in [0.1, 0.15) is 56.0 Å². The number of hydrogen-bond acceptors (Lipinski definition) is 5. The van der Waals surface area contributed by atoms with Crippen molar-refractivity contribution >= 4 is 28.9 Å². The van der Waals surface area contributed by atoms with Gasteiger partial charge in [-0.05, 0) is 44.0 Å². The average molecular weight is 396 g/mol. The highest BCUT2D eigenvalue weighted by Gasteiger charge is 2.45. The van der Waals surface area contributed by atoms with Crippen molar-refractivity contribution in [1.82, 2.24) is 4.98 Å². The van der Waals surface area contributed by atoms with Crippen LogP contribution in [0.2, 0.25) is 0 Å². The third-order valence-electron chi connectivity index (χ3n) is 5.23. The summed E-state index contributed by atoms with van der Waals surface area (Å²) in [6, 6.07) is 6.01. The van der Waals surface area contributed by atoms with E-state index in [0.29, 0.717) is 23.4 Å². The molecule has 29 heavy (non-hydrogen) atoms. The van der Waals surface area contributed by atoms with Gasteiger partial charge in [0.25, 0.3) is 11.6 Å². The smallest absolute Gasteiger partial charge is 0.294 e. The molecule has 1 N–H and O–H groups in total. The number of pyridine rings is 1. The zero-order valence-electron chi connectivity index (χ0n) is 16.8. The SMILES string of the molecule is CCCCCN1C(=O)C(C)(C)c2cc(NC(=O)c3ccncc3)c([N+](=O)[O-])cc21. The first kappa shape index (κ1) is 20.4. The minimum Gasteiger partial charge on any atom is -0.316 e. The molecule has 1 aromatic heterocycles. The molecular formula is C21H24N4O4. The molecule has 1 aliphatic rings. The van der Waals surface area contributed by atoms with Crippen molar-refractivity contribution in [1.29, 1.82) is 0 Å². The molecule has 1 aromatic carbocycles. The number of carbonyl (C=O) groups excluding carboxylic acids is 2. The minimum absolute atomic E-state index is 0.0758. The molecule has 0 bridgehead atoms. The summed E-state index contributed by atoms with van der Waals surface area (Å²) in [5, 5.41) is 14.3. The number of rotatable bonds is 7. The lowest BCUT2D eigenvalue weighted by atomic mass is 9.85. The number of amides is 2. The van der Waals surface area contributed by atoms with Gasteiger partial charge in [-0.1, -0.05) is 19.8 Å². The zero-order valence-corrected chi connectivity index (χ0v) is 16.8. The van der Waals surface area contributed by atoms with Gasteiger partial charge in [-0.15, -0.1) is 0 Å². The van der Waals surface area contributed by atoms with Crippen LogP contribution in [0.3, 0.4) is 0 Å². The third-order valence-corrected chi connectivity index (χ3v) is 5.23. The Labute approximate surface area is 169 Å². The van der Waals surface area contributed by atoms with Crippen molar-refractivity contribution in [3.8, 4) is 0 Å². The van der Waals surface area contributed by atoms with Gasteiger partial charge in [0, 0.05) is 30.6 Å². The van der Waals surface area contributed by atoms with Crippen LogP contribution >= 0.6 is 0 Å². The summed E-state index contributed by atoms with van der Waals surface area (Å²) in [5.41, 5.74) is 0.571. The molecule has 8 nitrogen and oxygen atoms in total. The van der Waals surface area contributed by atoms with Crippen LogP contribution < -0.4 is 10.2 Å². The first-order valence-corrected chi connectivity index (χ1v) is 9.63. The van der Waals surface area contributed by atoms with Gasteiger partial charge in [0.1, 0.15) is 5.69 Å². The second-order valence-corrected chi connectivity index (χ2v) is 7.62. The number of anilines is 2. The highest BCUT2D eigenvalue weighted by Crippen LogP contribution is 2.46. The molecule has 0 aliphatic carbocycles. The Balaban J connectivity index is 2.02. The lowest BCUT2D eigenvalue weighted by Crippen LogP contribution is -2.36. The largest absolute Gasteiger partial charge is 0.316 e. The Morgan fingerprint density at radius 1 is 1.24 bits per heavy atom. The second kappa shape index (κ2) is 7.98. The van der Waals surface area contributed by atoms with E-state index < -0.39 is 16.2 Å². The molecule has 8 heteroatoms. The maximum absolute atomic E-state index is 13.0. The molecule has 0 saturated heterocycles. The number of nitrogens with zero attached hydrogens (tertiary/aromatic N) is 3. The van der Waals surface area contributed by atoms with E-state index in [-0.39, 0.29) is 17.3 Å². The molecule has 0 atom stereocenters. The normalized spacial score (nSPS) is 14.6. The van der Waals surface area contributed by atoms with E-state index in [0.717, 1.165) is 19.3 Å². The van der Waals surface area contributed by atoms with Gasteiger partial charge in [-0.2, -0.15) is 0 Å². The number of aromatic nitrogens is 1. The molecule has 0 radical (unpaired) electrons. The van der Waals surface area contributed by atoms with Crippen molar-refractivity contribution in [2.45, 2.75) is 45.4 Å². The predicted molar refractivity (Wildman–Crippen MR) is 110 cm³/mol. The van der Waals surface area contributed by atoms with Crippen LogP contribution in [0, 0.1) is 10.1 Å². The second-order valence-electron chi connectivity index (χ2n) is 7.62. The number of hydrogen-bond donors (Lipinski definition) is 1. The summed E-state index contributed by atoms with van der Waals surface area (Å²) in [7, 11) is 0. The monoisotopic (exact) mass is 396 g/mol. The molecule has 2 aromatic rings. The lowest BCUT2D eigenvalue weighted by molar-refractivity contribution is -0.383. The molecule has 152 valence electrons. The maximum atomic E-state index is 13.0. The Morgan fingerprint density at radius 2 is 1.93 bits per heavy atom. The molecular weight excluding hydrogens is 372 g/mol. The summed E-state index contributed by atoms with van der Waals surface area (Å²) < 4.78 is 0. The van der Waals surface area contributed by atoms with Gasteiger partial charge in [0.05, 0.1) is 16.0 Å². The van der Waals surface area contributed by atoms with Crippen molar-refractivity contribution in [2.24, 2.45) is 0 Å². The topological polar surface area (TPSA) is 105 Å². The van der Waals surface area contributed by atoms with E-state index in [1.807, 2.05) is 0 Å². The fraction of sp³-hybridized carbons (Fsp3) is 0.381. The van der Waals surface area contributed by atoms with E-state index >= 15 is 0 Å². The maximum Gasteiger partial charge on any atom is 0.294 e. The van der Waals surface area contributed by atoms with E-state index in [1.54, 1.807) is 24.8 Å². The average Bonchev–Trinajstić information content (AvgIpc) is 2.88. The quantitative estimate of drug-likeness (QED) is 0.432. The standard InChI is InChI=1S/C21H24N4O4/c1-4-5-6-11-24-17-13-18(25(28)29)16(12-15(17)21(2,3)20(24)27)23-19(26)14-7-9-22-10-8-14/h7-10,12-13H,4-6,11H2,1-3H3,(H,23,26). The lowest BCUT2D eigenvalue weighted by Gasteiger charge is -2.20. The first-order chi connectivity index (χ1) is 13.8. The molecule has 0 spiro atoms. The Morgan fingerprint density at radius 3 is 2.55 bits per heavy atom. The van der Waals surface area contributed by atoms with Crippen molar-refractivity contribution in [3.63, 3.8) is 0 Å². The number of unbranched alkanes of at least 4 members (excludes halogenated alkanes) is 2. The van der Waals surface area contributed by atoms with E-state index in [9.17, 15) is 19.7 Å². The first-order valence-electron chi connectivity index (χ1n) is 9.63. The van der Waals surface area contributed by atoms with Gasteiger partial charge < -0.3 is 10.2 Å². The summed E-state index contributed by atoms with van der Waals surface area (Å²) in [4.78, 5) is 42.1. The van der Waals surface area contributed by atoms with Crippen LogP contribution in [0.25, 0.3) is 0 Å². The number of nitrogens with one attached hydrogen (secondary N) is 1. The number of nitro benzene ring substituents is 1. The van der Waals surface area contributed by atoms with Crippen LogP contribution in [0.4, 0.5) is 17.1 Å². The summed E-state index contributed by atoms with van der Waals surface area (Å²) >= 11 is 0. The van der Waals surface area contributed by atoms with Crippen LogP contribution in [0.15, 0.2) is 36.7 Å². The fourth-order valence-corrected chi connectivity index (χ4v) is 3.55. The predicted octanol–water partition coefficient (Wildman–Crippen LogP) is 4.06. The summed E-state index contributed by atoms with van der Waals surface area (Å²) in [5.74, 6) is -0.562. The van der Waals surface area contributed by atoms with Gasteiger partial charge >= 0.3 is 0 Å². The van der Waals surface area contributed by atoms with Crippen LogP contribution in [0.5, 0.6) is 0 Å². The van der Waals surface area contributed by atoms with Crippen LogP contribution in [-0.4, -0.2) is 28.3 Å². The Kier molecular flexibility index (Phi) is 5.63. The number of carbonyl (C=O) groups is 2. The Bertz CT molecular complexity index is 957. The van der Waals surface area contributed by atoms with E-state index in [4.69, 9.17) is 0 Å². The van der Waals surface area contributed by atoms with Crippen molar-refractivity contribution in [2.75, 3.05) is 16.8 Å². The van der Waals surface area contributed by atoms with Gasteiger partial charge in [0.15, 0.2) is 0 Å². The number of fused-ring (bicyclic) bond motifs is 1. The molecule has 3 rings (SSSR count). The van der Waals surface area contributed by atoms with Crippen molar-refractivity contribution in [3.05, 3.63) is 57.9 Å². The van der Waals surface area contributed by atoms with Gasteiger partial charge in [-0.3, -0.25) is 24.7 Å². The third kappa shape index (κ3) is 3.83. The van der Waals surface area contributed by atoms with E-state index in [2.05, 4.69) is 17.2 Å². The molecule has 1 aliphatic heterocycles. The van der Waals surface area contributed by atoms with E-state index in [1.165, 1.54) is 30.6 Å². The molecule has 2 heterocycles. The van der Waals surface area contributed by atoms with Crippen molar-refractivity contribution < 1.29 is 14.5 Å². The van der Waals surface area contributed by atoms with Gasteiger partial charge in [0.2, 0.25) is 5.91 Å². The molecule has 0 fully saturated rings. The molecule has 2 amide bonds. The molecule has 0 saturated carbocycles. The highest BCUT2D eigenvalue weighted by atomic mass is 16.6.